The SMILES string of the molecule is CC(=O)c1coc2ccc(Cl)cc12. The van der Waals surface area contributed by atoms with E-state index >= 15 is 0 Å². The molecular weight excluding hydrogens is 188 g/mol. The van der Waals surface area contributed by atoms with E-state index in [0.717, 1.165) is 5.39 Å². The van der Waals surface area contributed by atoms with Gasteiger partial charge in [-0.2, -0.15) is 0 Å². The maximum Gasteiger partial charge on any atom is 0.163 e. The first kappa shape index (κ1) is 8.32. The smallest absolute Gasteiger partial charge is 0.163 e. The molecule has 0 bridgehead atoms. The minimum absolute atomic E-state index is 0.0129. The molecule has 0 saturated carbocycles. The molecule has 0 radical (unpaired) electrons. The van der Waals surface area contributed by atoms with Crippen LogP contribution in [0.25, 0.3) is 11.0 Å². The number of hydrogen-bond donors (Lipinski definition) is 0. The number of carbonyl (C=O) groups is 1. The monoisotopic (exact) mass is 194 g/mol. The van der Waals surface area contributed by atoms with E-state index in [1.165, 1.54) is 13.2 Å². The van der Waals surface area contributed by atoms with Crippen LogP contribution in [0.5, 0.6) is 0 Å². The molecule has 2 rings (SSSR count). The van der Waals surface area contributed by atoms with Crippen LogP contribution in [0, 0.1) is 0 Å². The zero-order valence-electron chi connectivity index (χ0n) is 7.00. The molecule has 0 saturated heterocycles. The van der Waals surface area contributed by atoms with Gasteiger partial charge in [0.15, 0.2) is 5.78 Å². The number of benzene rings is 1. The quantitative estimate of drug-likeness (QED) is 0.652. The zero-order valence-corrected chi connectivity index (χ0v) is 7.76. The Morgan fingerprint density at radius 3 is 2.92 bits per heavy atom. The Morgan fingerprint density at radius 1 is 1.46 bits per heavy atom. The van der Waals surface area contributed by atoms with Crippen LogP contribution in [-0.2, 0) is 0 Å². The average Bonchev–Trinajstić information content (AvgIpc) is 2.46. The summed E-state index contributed by atoms with van der Waals surface area (Å²) in [5, 5.41) is 1.39. The first-order chi connectivity index (χ1) is 6.18. The average molecular weight is 195 g/mol. The van der Waals surface area contributed by atoms with Crippen molar-refractivity contribution in [2.24, 2.45) is 0 Å². The number of carbonyl (C=O) groups excluding carboxylic acids is 1. The van der Waals surface area contributed by atoms with Crippen molar-refractivity contribution in [3.8, 4) is 0 Å². The van der Waals surface area contributed by atoms with E-state index in [4.69, 9.17) is 16.0 Å². The fourth-order valence-corrected chi connectivity index (χ4v) is 1.45. The molecule has 66 valence electrons. The van der Waals surface area contributed by atoms with E-state index in [2.05, 4.69) is 0 Å². The Kier molecular flexibility index (Phi) is 1.85. The maximum absolute atomic E-state index is 11.1. The van der Waals surface area contributed by atoms with Crippen LogP contribution in [0.1, 0.15) is 17.3 Å². The van der Waals surface area contributed by atoms with Crippen molar-refractivity contribution in [2.45, 2.75) is 6.92 Å². The molecule has 0 aliphatic carbocycles. The predicted molar refractivity (Wildman–Crippen MR) is 51.2 cm³/mol. The molecule has 1 aromatic heterocycles. The fraction of sp³-hybridized carbons (Fsp3) is 0.100. The summed E-state index contributed by atoms with van der Waals surface area (Å²) in [6.07, 6.45) is 1.46. The normalized spacial score (nSPS) is 10.6. The Balaban J connectivity index is 2.79. The van der Waals surface area contributed by atoms with Crippen LogP contribution < -0.4 is 0 Å². The van der Waals surface area contributed by atoms with Crippen LogP contribution in [-0.4, -0.2) is 5.78 Å². The number of hydrogen-bond acceptors (Lipinski definition) is 2. The van der Waals surface area contributed by atoms with E-state index in [0.29, 0.717) is 16.2 Å². The fourth-order valence-electron chi connectivity index (χ4n) is 1.27. The lowest BCUT2D eigenvalue weighted by Gasteiger charge is -1.91. The molecule has 0 unspecified atom stereocenters. The van der Waals surface area contributed by atoms with Gasteiger partial charge in [-0.25, -0.2) is 0 Å². The highest BCUT2D eigenvalue weighted by molar-refractivity contribution is 6.31. The van der Waals surface area contributed by atoms with Crippen molar-refractivity contribution in [3.05, 3.63) is 35.0 Å². The third kappa shape index (κ3) is 1.33. The number of ketones is 1. The van der Waals surface area contributed by atoms with Crippen LogP contribution in [0.2, 0.25) is 5.02 Å². The van der Waals surface area contributed by atoms with Crippen LogP contribution >= 0.6 is 11.6 Å². The summed E-state index contributed by atoms with van der Waals surface area (Å²) in [6.45, 7) is 1.51. The molecule has 0 aliphatic heterocycles. The Bertz CT molecular complexity index is 471. The highest BCUT2D eigenvalue weighted by atomic mass is 35.5. The molecule has 1 aromatic carbocycles. The molecule has 0 aliphatic rings. The summed E-state index contributed by atoms with van der Waals surface area (Å²) < 4.78 is 5.19. The third-order valence-electron chi connectivity index (χ3n) is 1.91. The maximum atomic E-state index is 11.1. The van der Waals surface area contributed by atoms with Crippen molar-refractivity contribution in [2.75, 3.05) is 0 Å². The lowest BCUT2D eigenvalue weighted by molar-refractivity contribution is 0.101. The number of furan rings is 1. The molecule has 1 heterocycles. The van der Waals surface area contributed by atoms with E-state index < -0.39 is 0 Å². The highest BCUT2D eigenvalue weighted by Gasteiger charge is 2.09. The van der Waals surface area contributed by atoms with Gasteiger partial charge in [0, 0.05) is 10.4 Å². The molecule has 0 N–H and O–H groups in total. The number of Topliss-reactive ketones (excluding diaryl/α,β-unsaturated/α-hetero) is 1. The summed E-state index contributed by atoms with van der Waals surface area (Å²) in [6, 6.07) is 5.22. The molecule has 0 atom stereocenters. The first-order valence-electron chi connectivity index (χ1n) is 3.86. The van der Waals surface area contributed by atoms with Crippen molar-refractivity contribution in [3.63, 3.8) is 0 Å². The second-order valence-electron chi connectivity index (χ2n) is 2.85. The number of halogens is 1. The van der Waals surface area contributed by atoms with Gasteiger partial charge in [0.1, 0.15) is 11.8 Å². The minimum Gasteiger partial charge on any atom is -0.464 e. The molecule has 3 heteroatoms. The zero-order chi connectivity index (χ0) is 9.42. The summed E-state index contributed by atoms with van der Waals surface area (Å²) in [5.74, 6) is -0.0129. The molecule has 13 heavy (non-hydrogen) atoms. The lowest BCUT2D eigenvalue weighted by atomic mass is 10.1. The van der Waals surface area contributed by atoms with Gasteiger partial charge in [0.05, 0.1) is 5.56 Å². The molecule has 0 amide bonds. The molecular formula is C10H7ClO2. The van der Waals surface area contributed by atoms with Crippen LogP contribution in [0.3, 0.4) is 0 Å². The molecule has 0 spiro atoms. The summed E-state index contributed by atoms with van der Waals surface area (Å²) in [4.78, 5) is 11.1. The van der Waals surface area contributed by atoms with Gasteiger partial charge in [-0.05, 0) is 25.1 Å². The molecule has 0 fully saturated rings. The van der Waals surface area contributed by atoms with E-state index in [1.807, 2.05) is 0 Å². The molecule has 2 aromatic rings. The van der Waals surface area contributed by atoms with Crippen molar-refractivity contribution < 1.29 is 9.21 Å². The second kappa shape index (κ2) is 2.89. The van der Waals surface area contributed by atoms with E-state index in [9.17, 15) is 4.79 Å². The number of rotatable bonds is 1. The summed E-state index contributed by atoms with van der Waals surface area (Å²) >= 11 is 5.80. The first-order valence-corrected chi connectivity index (χ1v) is 4.24. The van der Waals surface area contributed by atoms with Gasteiger partial charge in [-0.3, -0.25) is 4.79 Å². The summed E-state index contributed by atoms with van der Waals surface area (Å²) in [5.41, 5.74) is 1.27. The predicted octanol–water partition coefficient (Wildman–Crippen LogP) is 3.29. The van der Waals surface area contributed by atoms with Gasteiger partial charge in [-0.1, -0.05) is 11.6 Å². The number of fused-ring (bicyclic) bond motifs is 1. The van der Waals surface area contributed by atoms with Crippen LogP contribution in [0.4, 0.5) is 0 Å². The Morgan fingerprint density at radius 2 is 2.23 bits per heavy atom. The lowest BCUT2D eigenvalue weighted by Crippen LogP contribution is -1.88. The van der Waals surface area contributed by atoms with Gasteiger partial charge in [0.2, 0.25) is 0 Å². The van der Waals surface area contributed by atoms with Crippen molar-refractivity contribution in [1.29, 1.82) is 0 Å². The standard InChI is InChI=1S/C10H7ClO2/c1-6(12)9-5-13-10-3-2-7(11)4-8(9)10/h2-5H,1H3. The van der Waals surface area contributed by atoms with Gasteiger partial charge in [0.25, 0.3) is 0 Å². The largest absolute Gasteiger partial charge is 0.464 e. The van der Waals surface area contributed by atoms with Crippen molar-refractivity contribution >= 4 is 28.4 Å². The van der Waals surface area contributed by atoms with Gasteiger partial charge in [-0.15, -0.1) is 0 Å². The molecule has 2 nitrogen and oxygen atoms in total. The summed E-state index contributed by atoms with van der Waals surface area (Å²) in [7, 11) is 0. The Hall–Kier alpha value is -1.28. The topological polar surface area (TPSA) is 30.2 Å². The second-order valence-corrected chi connectivity index (χ2v) is 3.28. The van der Waals surface area contributed by atoms with Crippen molar-refractivity contribution in [1.82, 2.24) is 0 Å². The Labute approximate surface area is 80.1 Å². The van der Waals surface area contributed by atoms with E-state index in [1.54, 1.807) is 18.2 Å². The highest BCUT2D eigenvalue weighted by Crippen LogP contribution is 2.24. The van der Waals surface area contributed by atoms with Crippen LogP contribution in [0.15, 0.2) is 28.9 Å². The minimum atomic E-state index is -0.0129. The van der Waals surface area contributed by atoms with Gasteiger partial charge >= 0.3 is 0 Å². The van der Waals surface area contributed by atoms with Gasteiger partial charge < -0.3 is 4.42 Å². The van der Waals surface area contributed by atoms with E-state index in [-0.39, 0.29) is 5.78 Å². The third-order valence-corrected chi connectivity index (χ3v) is 2.15.